The Bertz CT molecular complexity index is 358. The van der Waals surface area contributed by atoms with Crippen molar-refractivity contribution in [2.45, 2.75) is 33.0 Å². The van der Waals surface area contributed by atoms with E-state index in [9.17, 15) is 4.39 Å². The first kappa shape index (κ1) is 13.9. The Kier molecular flexibility index (Phi) is 4.90. The highest BCUT2D eigenvalue weighted by Gasteiger charge is 2.11. The molecule has 0 aliphatic carbocycles. The molecule has 96 valence electrons. The van der Waals surface area contributed by atoms with Crippen LogP contribution in [0.2, 0.25) is 0 Å². The summed E-state index contributed by atoms with van der Waals surface area (Å²) in [5.74, 6) is -0.361. The zero-order chi connectivity index (χ0) is 12.9. The lowest BCUT2D eigenvalue weighted by molar-refractivity contribution is -0.0168. The average Bonchev–Trinajstić information content (AvgIpc) is 2.24. The summed E-state index contributed by atoms with van der Waals surface area (Å²) in [5, 5.41) is 9.05. The summed E-state index contributed by atoms with van der Waals surface area (Å²) >= 11 is 0. The van der Waals surface area contributed by atoms with Crippen LogP contribution in [0.5, 0.6) is 5.75 Å². The monoisotopic (exact) mass is 242 g/mol. The third-order valence-electron chi connectivity index (χ3n) is 2.08. The van der Waals surface area contributed by atoms with Crippen LogP contribution in [0.3, 0.4) is 0 Å². The van der Waals surface area contributed by atoms with Gasteiger partial charge in [0.25, 0.3) is 0 Å². The highest BCUT2D eigenvalue weighted by atomic mass is 19.1. The van der Waals surface area contributed by atoms with Gasteiger partial charge in [0, 0.05) is 5.56 Å². The Hall–Kier alpha value is -1.13. The van der Waals surface area contributed by atoms with E-state index in [2.05, 4.69) is 0 Å². The maximum atomic E-state index is 13.4. The fraction of sp³-hybridized carbons (Fsp3) is 0.538. The summed E-state index contributed by atoms with van der Waals surface area (Å²) in [6, 6.07) is 4.47. The number of halogens is 1. The predicted molar refractivity (Wildman–Crippen MR) is 63.5 cm³/mol. The molecular formula is C13H19FO3. The van der Waals surface area contributed by atoms with E-state index >= 15 is 0 Å². The molecule has 1 aromatic rings. The second-order valence-electron chi connectivity index (χ2n) is 4.70. The number of ether oxygens (including phenoxy) is 2. The Morgan fingerprint density at radius 1 is 1.24 bits per heavy atom. The van der Waals surface area contributed by atoms with E-state index in [4.69, 9.17) is 14.6 Å². The second kappa shape index (κ2) is 5.98. The minimum Gasteiger partial charge on any atom is -0.488 e. The molecule has 0 saturated carbocycles. The van der Waals surface area contributed by atoms with Crippen molar-refractivity contribution < 1.29 is 19.0 Å². The number of rotatable bonds is 5. The molecule has 1 N–H and O–H groups in total. The number of para-hydroxylation sites is 1. The van der Waals surface area contributed by atoms with Gasteiger partial charge in [-0.1, -0.05) is 12.1 Å². The predicted octanol–water partition coefficient (Wildman–Crippen LogP) is 2.51. The average molecular weight is 242 g/mol. The first-order chi connectivity index (χ1) is 7.94. The van der Waals surface area contributed by atoms with E-state index in [1.807, 2.05) is 20.8 Å². The van der Waals surface area contributed by atoms with Gasteiger partial charge in [0.15, 0.2) is 11.6 Å². The highest BCUT2D eigenvalue weighted by Crippen LogP contribution is 2.22. The molecule has 1 aromatic carbocycles. The quantitative estimate of drug-likeness (QED) is 0.806. The van der Waals surface area contributed by atoms with Gasteiger partial charge in [-0.05, 0) is 26.8 Å². The molecule has 0 aromatic heterocycles. The van der Waals surface area contributed by atoms with Gasteiger partial charge in [-0.2, -0.15) is 0 Å². The van der Waals surface area contributed by atoms with E-state index in [-0.39, 0.29) is 24.6 Å². The first-order valence-corrected chi connectivity index (χ1v) is 5.59. The lowest BCUT2D eigenvalue weighted by Gasteiger charge is -2.20. The van der Waals surface area contributed by atoms with Gasteiger partial charge in [-0.15, -0.1) is 0 Å². The summed E-state index contributed by atoms with van der Waals surface area (Å²) in [4.78, 5) is 0. The molecule has 0 aliphatic heterocycles. The first-order valence-electron chi connectivity index (χ1n) is 5.59. The minimum absolute atomic E-state index is 0.104. The van der Waals surface area contributed by atoms with Crippen molar-refractivity contribution in [3.05, 3.63) is 29.6 Å². The van der Waals surface area contributed by atoms with Gasteiger partial charge in [0.1, 0.15) is 6.61 Å². The molecule has 1 rings (SSSR count). The van der Waals surface area contributed by atoms with Crippen molar-refractivity contribution in [2.75, 3.05) is 13.2 Å². The largest absolute Gasteiger partial charge is 0.488 e. The minimum atomic E-state index is -0.465. The SMILES string of the molecule is CC(C)(C)OCCOc1c(F)cccc1CO. The summed E-state index contributed by atoms with van der Waals surface area (Å²) in [6.45, 7) is 6.21. The number of hydrogen-bond acceptors (Lipinski definition) is 3. The van der Waals surface area contributed by atoms with Crippen molar-refractivity contribution in [3.8, 4) is 5.75 Å². The molecule has 0 bridgehead atoms. The molecule has 0 fully saturated rings. The van der Waals surface area contributed by atoms with Gasteiger partial charge in [0.05, 0.1) is 18.8 Å². The molecule has 17 heavy (non-hydrogen) atoms. The molecule has 0 radical (unpaired) electrons. The summed E-state index contributed by atoms with van der Waals surface area (Å²) in [5.41, 5.74) is 0.207. The van der Waals surface area contributed by atoms with Gasteiger partial charge in [0.2, 0.25) is 0 Å². The third kappa shape index (κ3) is 4.71. The Labute approximate surface area is 101 Å². The molecule has 0 heterocycles. The zero-order valence-electron chi connectivity index (χ0n) is 10.5. The van der Waals surface area contributed by atoms with Crippen LogP contribution in [-0.4, -0.2) is 23.9 Å². The Balaban J connectivity index is 2.52. The van der Waals surface area contributed by atoms with Crippen molar-refractivity contribution in [3.63, 3.8) is 0 Å². The van der Waals surface area contributed by atoms with Crippen LogP contribution in [0.1, 0.15) is 26.3 Å². The second-order valence-corrected chi connectivity index (χ2v) is 4.70. The van der Waals surface area contributed by atoms with Crippen molar-refractivity contribution in [2.24, 2.45) is 0 Å². The van der Waals surface area contributed by atoms with Gasteiger partial charge in [-0.25, -0.2) is 4.39 Å². The number of hydrogen-bond donors (Lipinski definition) is 1. The van der Waals surface area contributed by atoms with Gasteiger partial charge < -0.3 is 14.6 Å². The van der Waals surface area contributed by atoms with Crippen molar-refractivity contribution >= 4 is 0 Å². The molecule has 0 aliphatic rings. The maximum absolute atomic E-state index is 13.4. The molecule has 0 atom stereocenters. The molecule has 4 heteroatoms. The fourth-order valence-electron chi connectivity index (χ4n) is 1.33. The standard InChI is InChI=1S/C13H19FO3/c1-13(2,3)17-8-7-16-12-10(9-15)5-4-6-11(12)14/h4-6,15H,7-9H2,1-3H3. The van der Waals surface area contributed by atoms with Crippen molar-refractivity contribution in [1.82, 2.24) is 0 Å². The van der Waals surface area contributed by atoms with E-state index in [0.29, 0.717) is 12.2 Å². The smallest absolute Gasteiger partial charge is 0.165 e. The maximum Gasteiger partial charge on any atom is 0.165 e. The highest BCUT2D eigenvalue weighted by molar-refractivity contribution is 5.34. The van der Waals surface area contributed by atoms with Crippen LogP contribution in [0.4, 0.5) is 4.39 Å². The molecule has 0 unspecified atom stereocenters. The van der Waals surface area contributed by atoms with Crippen LogP contribution in [0, 0.1) is 5.82 Å². The summed E-state index contributed by atoms with van der Waals surface area (Å²) < 4.78 is 24.2. The van der Waals surface area contributed by atoms with Crippen molar-refractivity contribution in [1.29, 1.82) is 0 Å². The van der Waals surface area contributed by atoms with Crippen LogP contribution in [0.25, 0.3) is 0 Å². The van der Waals surface area contributed by atoms with E-state index in [1.165, 1.54) is 6.07 Å². The molecule has 0 saturated heterocycles. The summed E-state index contributed by atoms with van der Waals surface area (Å²) in [6.07, 6.45) is 0. The van der Waals surface area contributed by atoms with E-state index in [0.717, 1.165) is 0 Å². The van der Waals surface area contributed by atoms with Crippen LogP contribution >= 0.6 is 0 Å². The van der Waals surface area contributed by atoms with Gasteiger partial charge >= 0.3 is 0 Å². The molecule has 0 spiro atoms. The molecule has 0 amide bonds. The van der Waals surface area contributed by atoms with Crippen LogP contribution < -0.4 is 4.74 Å². The fourth-order valence-corrected chi connectivity index (χ4v) is 1.33. The molecular weight excluding hydrogens is 223 g/mol. The topological polar surface area (TPSA) is 38.7 Å². The van der Waals surface area contributed by atoms with Gasteiger partial charge in [-0.3, -0.25) is 0 Å². The molecule has 3 nitrogen and oxygen atoms in total. The Morgan fingerprint density at radius 2 is 1.94 bits per heavy atom. The number of aliphatic hydroxyl groups excluding tert-OH is 1. The van der Waals surface area contributed by atoms with Crippen LogP contribution in [0.15, 0.2) is 18.2 Å². The lowest BCUT2D eigenvalue weighted by Crippen LogP contribution is -2.22. The van der Waals surface area contributed by atoms with Crippen LogP contribution in [-0.2, 0) is 11.3 Å². The Morgan fingerprint density at radius 3 is 2.53 bits per heavy atom. The number of benzene rings is 1. The van der Waals surface area contributed by atoms with E-state index < -0.39 is 5.82 Å². The normalized spacial score (nSPS) is 11.6. The number of aliphatic hydroxyl groups is 1. The van der Waals surface area contributed by atoms with E-state index in [1.54, 1.807) is 12.1 Å². The summed E-state index contributed by atoms with van der Waals surface area (Å²) in [7, 11) is 0. The lowest BCUT2D eigenvalue weighted by atomic mass is 10.2. The third-order valence-corrected chi connectivity index (χ3v) is 2.08. The zero-order valence-corrected chi connectivity index (χ0v) is 10.5.